The number of fused-ring (bicyclic) bond motifs is 1. The van der Waals surface area contributed by atoms with Crippen molar-refractivity contribution < 1.29 is 0 Å². The lowest BCUT2D eigenvalue weighted by molar-refractivity contribution is 0.447. The van der Waals surface area contributed by atoms with Crippen LogP contribution in [-0.4, -0.2) is 9.55 Å². The van der Waals surface area contributed by atoms with E-state index in [1.54, 1.807) is 0 Å². The Morgan fingerprint density at radius 3 is 2.78 bits per heavy atom. The summed E-state index contributed by atoms with van der Waals surface area (Å²) in [4.78, 5) is 4.28. The molecule has 1 aromatic heterocycles. The molecule has 2 atom stereocenters. The van der Waals surface area contributed by atoms with Crippen molar-refractivity contribution in [3.8, 4) is 0 Å². The normalized spacial score (nSPS) is 18.8. The summed E-state index contributed by atoms with van der Waals surface area (Å²) in [6.45, 7) is 2.16. The van der Waals surface area contributed by atoms with Gasteiger partial charge in [0.1, 0.15) is 0 Å². The van der Waals surface area contributed by atoms with E-state index in [0.29, 0.717) is 5.92 Å². The maximum Gasteiger partial charge on any atom is 0.0951 e. The second-order valence-electron chi connectivity index (χ2n) is 6.23. The monoisotopic (exact) mass is 300 g/mol. The van der Waals surface area contributed by atoms with Crippen LogP contribution in [0.1, 0.15) is 24.9 Å². The fourth-order valence-corrected chi connectivity index (χ4v) is 3.53. The summed E-state index contributed by atoms with van der Waals surface area (Å²) in [5.41, 5.74) is 2.72. The molecule has 1 aliphatic carbocycles. The fourth-order valence-electron chi connectivity index (χ4n) is 3.53. The van der Waals surface area contributed by atoms with Crippen molar-refractivity contribution in [2.45, 2.75) is 19.4 Å². The van der Waals surface area contributed by atoms with Crippen molar-refractivity contribution in [1.29, 1.82) is 0 Å². The maximum atomic E-state index is 4.28. The van der Waals surface area contributed by atoms with Gasteiger partial charge in [-0.3, -0.25) is 0 Å². The summed E-state index contributed by atoms with van der Waals surface area (Å²) in [5, 5.41) is 2.62. The molecule has 0 amide bonds. The van der Waals surface area contributed by atoms with E-state index in [1.807, 2.05) is 12.5 Å². The number of hydrogen-bond acceptors (Lipinski definition) is 1. The van der Waals surface area contributed by atoms with Crippen LogP contribution in [0, 0.1) is 5.92 Å². The minimum atomic E-state index is 0.268. The van der Waals surface area contributed by atoms with Crippen LogP contribution in [0.15, 0.2) is 85.0 Å². The molecule has 1 aliphatic rings. The number of benzene rings is 2. The first-order valence-electron chi connectivity index (χ1n) is 8.13. The summed E-state index contributed by atoms with van der Waals surface area (Å²) in [6, 6.07) is 15.5. The number of rotatable bonds is 3. The summed E-state index contributed by atoms with van der Waals surface area (Å²) < 4.78 is 2.24. The second kappa shape index (κ2) is 5.88. The van der Waals surface area contributed by atoms with Crippen LogP contribution in [0.4, 0.5) is 0 Å². The first-order valence-corrected chi connectivity index (χ1v) is 8.13. The van der Waals surface area contributed by atoms with E-state index in [4.69, 9.17) is 0 Å². The average molecular weight is 300 g/mol. The van der Waals surface area contributed by atoms with E-state index >= 15 is 0 Å². The molecule has 0 bridgehead atoms. The molecule has 2 heteroatoms. The minimum Gasteiger partial charge on any atom is -0.329 e. The summed E-state index contributed by atoms with van der Waals surface area (Å²) >= 11 is 0. The quantitative estimate of drug-likeness (QED) is 0.654. The Kier molecular flexibility index (Phi) is 3.58. The van der Waals surface area contributed by atoms with Crippen LogP contribution in [-0.2, 0) is 0 Å². The van der Waals surface area contributed by atoms with E-state index in [2.05, 4.69) is 83.4 Å². The van der Waals surface area contributed by atoms with Gasteiger partial charge < -0.3 is 4.57 Å². The van der Waals surface area contributed by atoms with Crippen LogP contribution in [0.25, 0.3) is 10.8 Å². The van der Waals surface area contributed by atoms with Crippen molar-refractivity contribution >= 4 is 10.8 Å². The predicted octanol–water partition coefficient (Wildman–Crippen LogP) is 5.15. The Morgan fingerprint density at radius 1 is 1.13 bits per heavy atom. The zero-order valence-corrected chi connectivity index (χ0v) is 13.3. The van der Waals surface area contributed by atoms with Crippen LogP contribution < -0.4 is 0 Å². The molecule has 2 nitrogen and oxygen atoms in total. The summed E-state index contributed by atoms with van der Waals surface area (Å²) in [6.07, 6.45) is 13.9. The van der Waals surface area contributed by atoms with Crippen LogP contribution in [0.3, 0.4) is 0 Å². The highest BCUT2D eigenvalue weighted by molar-refractivity contribution is 5.86. The second-order valence-corrected chi connectivity index (χ2v) is 6.23. The first kappa shape index (κ1) is 14.0. The van der Waals surface area contributed by atoms with E-state index in [-0.39, 0.29) is 6.04 Å². The van der Waals surface area contributed by atoms with Crippen LogP contribution in [0.2, 0.25) is 0 Å². The molecule has 0 saturated heterocycles. The number of hydrogen-bond donors (Lipinski definition) is 0. The van der Waals surface area contributed by atoms with Gasteiger partial charge >= 0.3 is 0 Å². The Balaban J connectivity index is 1.87. The molecule has 0 spiro atoms. The van der Waals surface area contributed by atoms with Gasteiger partial charge in [-0.25, -0.2) is 4.98 Å². The van der Waals surface area contributed by atoms with Gasteiger partial charge in [0.05, 0.1) is 12.4 Å². The van der Waals surface area contributed by atoms with Crippen molar-refractivity contribution in [2.75, 3.05) is 0 Å². The van der Waals surface area contributed by atoms with Crippen LogP contribution in [0.5, 0.6) is 0 Å². The number of nitrogens with zero attached hydrogens (tertiary/aromatic N) is 2. The maximum absolute atomic E-state index is 4.28. The molecule has 114 valence electrons. The van der Waals surface area contributed by atoms with Crippen molar-refractivity contribution in [1.82, 2.24) is 9.55 Å². The highest BCUT2D eigenvalue weighted by Crippen LogP contribution is 2.36. The van der Waals surface area contributed by atoms with Gasteiger partial charge in [0.25, 0.3) is 0 Å². The molecule has 23 heavy (non-hydrogen) atoms. The largest absolute Gasteiger partial charge is 0.329 e. The molecular formula is C21H20N2. The predicted molar refractivity (Wildman–Crippen MR) is 95.3 cm³/mol. The van der Waals surface area contributed by atoms with Gasteiger partial charge in [-0.15, -0.1) is 0 Å². The zero-order valence-electron chi connectivity index (χ0n) is 13.3. The third-order valence-corrected chi connectivity index (χ3v) is 4.71. The SMILES string of the molecule is CC1=CCC(C(c2cccc3ccccc23)n2ccnc2)C=C1. The Bertz CT molecular complexity index is 867. The smallest absolute Gasteiger partial charge is 0.0951 e. The number of aromatic nitrogens is 2. The van der Waals surface area contributed by atoms with Crippen LogP contribution >= 0.6 is 0 Å². The topological polar surface area (TPSA) is 17.8 Å². The summed E-state index contributed by atoms with van der Waals surface area (Å²) in [7, 11) is 0. The number of imidazole rings is 1. The van der Waals surface area contributed by atoms with Gasteiger partial charge in [0, 0.05) is 18.3 Å². The lowest BCUT2D eigenvalue weighted by atomic mass is 9.84. The Hall–Kier alpha value is -2.61. The van der Waals surface area contributed by atoms with Crippen molar-refractivity contribution in [3.05, 3.63) is 90.6 Å². The molecule has 2 unspecified atom stereocenters. The molecular weight excluding hydrogens is 280 g/mol. The summed E-state index contributed by atoms with van der Waals surface area (Å²) in [5.74, 6) is 0.443. The van der Waals surface area contributed by atoms with Gasteiger partial charge in [0.15, 0.2) is 0 Å². The van der Waals surface area contributed by atoms with E-state index in [9.17, 15) is 0 Å². The zero-order chi connectivity index (χ0) is 15.6. The van der Waals surface area contributed by atoms with E-state index < -0.39 is 0 Å². The van der Waals surface area contributed by atoms with E-state index in [1.165, 1.54) is 21.9 Å². The van der Waals surface area contributed by atoms with Gasteiger partial charge in [-0.1, -0.05) is 66.3 Å². The third-order valence-electron chi connectivity index (χ3n) is 4.71. The van der Waals surface area contributed by atoms with Crippen molar-refractivity contribution in [2.24, 2.45) is 5.92 Å². The highest BCUT2D eigenvalue weighted by Gasteiger charge is 2.24. The molecule has 0 aliphatic heterocycles. The average Bonchev–Trinajstić information content (AvgIpc) is 3.11. The fraction of sp³-hybridized carbons (Fsp3) is 0.190. The molecule has 2 aromatic carbocycles. The highest BCUT2D eigenvalue weighted by atomic mass is 15.1. The molecule has 3 aromatic rings. The molecule has 0 fully saturated rings. The molecule has 0 N–H and O–H groups in total. The number of allylic oxidation sites excluding steroid dienone is 4. The van der Waals surface area contributed by atoms with Gasteiger partial charge in [-0.05, 0) is 29.7 Å². The van der Waals surface area contributed by atoms with Crippen molar-refractivity contribution in [3.63, 3.8) is 0 Å². The molecule has 4 rings (SSSR count). The molecule has 0 saturated carbocycles. The molecule has 0 radical (unpaired) electrons. The lowest BCUT2D eigenvalue weighted by Gasteiger charge is -2.28. The lowest BCUT2D eigenvalue weighted by Crippen LogP contribution is -2.19. The van der Waals surface area contributed by atoms with Gasteiger partial charge in [-0.2, -0.15) is 0 Å². The minimum absolute atomic E-state index is 0.268. The first-order chi connectivity index (χ1) is 11.3. The van der Waals surface area contributed by atoms with E-state index in [0.717, 1.165) is 6.42 Å². The molecule has 1 heterocycles. The standard InChI is InChI=1S/C21H20N2/c1-16-9-11-18(12-10-16)21(23-14-13-22-15-23)20-8-4-6-17-5-2-3-7-19(17)20/h2-11,13-15,18,21H,12H2,1H3. The Morgan fingerprint density at radius 2 is 2.00 bits per heavy atom. The van der Waals surface area contributed by atoms with Gasteiger partial charge in [0.2, 0.25) is 0 Å². The Labute approximate surface area is 136 Å². The third kappa shape index (κ3) is 2.61.